The van der Waals surface area contributed by atoms with E-state index < -0.39 is 0 Å². The van der Waals surface area contributed by atoms with Crippen molar-refractivity contribution in [3.05, 3.63) is 72.8 Å². The van der Waals surface area contributed by atoms with Gasteiger partial charge in [-0.3, -0.25) is 9.59 Å². The van der Waals surface area contributed by atoms with E-state index in [0.717, 1.165) is 27.3 Å². The minimum Gasteiger partial charge on any atom is -0.310 e. The average Bonchev–Trinajstić information content (AvgIpc) is 3.85. The molecule has 0 aliphatic carbocycles. The minimum atomic E-state index is -0.306. The first-order valence-corrected chi connectivity index (χ1v) is 15.2. The van der Waals surface area contributed by atoms with E-state index in [1.807, 2.05) is 36.5 Å². The molecule has 218 valence electrons. The van der Waals surface area contributed by atoms with Gasteiger partial charge in [-0.1, -0.05) is 65.1 Å². The van der Waals surface area contributed by atoms with Crippen molar-refractivity contribution in [1.29, 1.82) is 10.5 Å². The molecule has 13 heteroatoms. The van der Waals surface area contributed by atoms with Crippen molar-refractivity contribution in [3.8, 4) is 33.3 Å². The number of nitrogens with zero attached hydrogens (tertiary/aromatic N) is 6. The molecule has 2 saturated heterocycles. The highest BCUT2D eigenvalue weighted by molar-refractivity contribution is 7.19. The second-order valence-corrected chi connectivity index (χ2v) is 12.0. The zero-order chi connectivity index (χ0) is 30.2. The number of carbonyl (C=O) groups excluding carboxylic acids is 2. The van der Waals surface area contributed by atoms with Crippen LogP contribution in [-0.4, -0.2) is 57.8 Å². The smallest absolute Gasteiger partial charge is 0.231 e. The lowest BCUT2D eigenvalue weighted by atomic mass is 10.1. The Hall–Kier alpha value is -4.85. The van der Waals surface area contributed by atoms with Crippen molar-refractivity contribution < 1.29 is 14.0 Å². The molecule has 2 aromatic carbocycles. The van der Waals surface area contributed by atoms with Crippen LogP contribution in [0.25, 0.3) is 20.9 Å². The Bertz CT molecular complexity index is 1660. The molecule has 2 N–H and O–H groups in total. The highest BCUT2D eigenvalue weighted by Crippen LogP contribution is 2.31. The molecular weight excluding hydrogens is 588 g/mol. The summed E-state index contributed by atoms with van der Waals surface area (Å²) in [5.41, 5.74) is 1.82. The molecular formula is C30H27FN8O2S2. The number of halogens is 1. The number of amides is 2. The van der Waals surface area contributed by atoms with Crippen LogP contribution < -0.4 is 10.6 Å². The topological polar surface area (TPSA) is 138 Å². The summed E-state index contributed by atoms with van der Waals surface area (Å²) in [4.78, 5) is 37.7. The number of hydrogen-bond donors (Lipinski definition) is 2. The fraction of sp³-hybridized carbons (Fsp3) is 0.267. The summed E-state index contributed by atoms with van der Waals surface area (Å²) in [6.07, 6.45) is 8.90. The van der Waals surface area contributed by atoms with Crippen molar-refractivity contribution in [2.24, 2.45) is 11.8 Å². The molecule has 4 heterocycles. The Kier molecular flexibility index (Phi) is 9.56. The first-order valence-electron chi connectivity index (χ1n) is 13.6. The van der Waals surface area contributed by atoms with Crippen LogP contribution in [0.3, 0.4) is 0 Å². The van der Waals surface area contributed by atoms with E-state index in [1.165, 1.54) is 34.8 Å². The van der Waals surface area contributed by atoms with Gasteiger partial charge >= 0.3 is 0 Å². The number of benzene rings is 2. The standard InChI is InChI=1S/C15H13FN4OS.C15H14N4OS/c16-12-3-1-2-10(6-12)13-7-18-15(22-13)19-14(21)11-4-5-20(8-11)9-17;16-10-19-7-6-12(9-19)14(20)18-15-17-8-13(21-15)11-4-2-1-3-5-11/h1-3,6-7,11H,4-5,8H2,(H,18,19,21);1-5,8,12H,6-7,9H2,(H,17,18,20)/t;12-/m.0/s1. The normalized spacial score (nSPS) is 17.4. The lowest BCUT2D eigenvalue weighted by Crippen LogP contribution is -2.25. The lowest BCUT2D eigenvalue weighted by molar-refractivity contribution is -0.120. The van der Waals surface area contributed by atoms with Gasteiger partial charge in [0.25, 0.3) is 0 Å². The van der Waals surface area contributed by atoms with E-state index in [4.69, 9.17) is 10.5 Å². The summed E-state index contributed by atoms with van der Waals surface area (Å²) in [7, 11) is 0. The van der Waals surface area contributed by atoms with Gasteiger partial charge in [-0.25, -0.2) is 14.4 Å². The zero-order valence-electron chi connectivity index (χ0n) is 22.9. The largest absolute Gasteiger partial charge is 0.310 e. The fourth-order valence-electron chi connectivity index (χ4n) is 4.72. The Morgan fingerprint density at radius 3 is 1.79 bits per heavy atom. The molecule has 0 spiro atoms. The van der Waals surface area contributed by atoms with Crippen LogP contribution in [0.2, 0.25) is 0 Å². The summed E-state index contributed by atoms with van der Waals surface area (Å²) >= 11 is 2.76. The number of aromatic nitrogens is 2. The molecule has 2 aromatic heterocycles. The molecule has 2 aliphatic heterocycles. The van der Waals surface area contributed by atoms with Gasteiger partial charge < -0.3 is 20.4 Å². The summed E-state index contributed by atoms with van der Waals surface area (Å²) in [6, 6.07) is 16.2. The maximum Gasteiger partial charge on any atom is 0.231 e. The van der Waals surface area contributed by atoms with Crippen molar-refractivity contribution in [1.82, 2.24) is 19.8 Å². The number of hydrogen-bond acceptors (Lipinski definition) is 10. The van der Waals surface area contributed by atoms with Crippen molar-refractivity contribution >= 4 is 44.8 Å². The second-order valence-electron chi connectivity index (χ2n) is 9.98. The SMILES string of the molecule is N#CN1CCC(C(=O)Nc2ncc(-c3cccc(F)c3)s2)C1.N#CN1CC[C@H](C(=O)Nc2ncc(-c3ccccc3)s2)C1. The number of nitriles is 2. The molecule has 0 bridgehead atoms. The first kappa shape index (κ1) is 29.6. The lowest BCUT2D eigenvalue weighted by Gasteiger charge is -2.08. The number of anilines is 2. The Balaban J connectivity index is 0.000000171. The van der Waals surface area contributed by atoms with Gasteiger partial charge in [-0.2, -0.15) is 10.5 Å². The van der Waals surface area contributed by atoms with Gasteiger partial charge in [0, 0.05) is 38.6 Å². The van der Waals surface area contributed by atoms with E-state index in [9.17, 15) is 14.0 Å². The van der Waals surface area contributed by atoms with Crippen LogP contribution >= 0.6 is 22.7 Å². The Morgan fingerprint density at radius 2 is 1.30 bits per heavy atom. The molecule has 0 radical (unpaired) electrons. The summed E-state index contributed by atoms with van der Waals surface area (Å²) in [5.74, 6) is -0.812. The van der Waals surface area contributed by atoms with Gasteiger partial charge in [0.2, 0.25) is 11.8 Å². The highest BCUT2D eigenvalue weighted by Gasteiger charge is 2.29. The van der Waals surface area contributed by atoms with Gasteiger partial charge in [-0.15, -0.1) is 0 Å². The van der Waals surface area contributed by atoms with Crippen LogP contribution in [-0.2, 0) is 9.59 Å². The number of thiazole rings is 2. The summed E-state index contributed by atoms with van der Waals surface area (Å²) < 4.78 is 13.2. The predicted octanol–water partition coefficient (Wildman–Crippen LogP) is 5.24. The predicted molar refractivity (Wildman–Crippen MR) is 163 cm³/mol. The zero-order valence-corrected chi connectivity index (χ0v) is 24.6. The van der Waals surface area contributed by atoms with Crippen molar-refractivity contribution in [3.63, 3.8) is 0 Å². The minimum absolute atomic E-state index is 0.0540. The van der Waals surface area contributed by atoms with Crippen molar-refractivity contribution in [2.75, 3.05) is 36.8 Å². The molecule has 2 amide bonds. The Morgan fingerprint density at radius 1 is 0.791 bits per heavy atom. The average molecular weight is 615 g/mol. The van der Waals surface area contributed by atoms with Gasteiger partial charge in [0.15, 0.2) is 22.6 Å². The summed E-state index contributed by atoms with van der Waals surface area (Å²) in [6.45, 7) is 2.21. The van der Waals surface area contributed by atoms with E-state index in [-0.39, 0.29) is 29.5 Å². The first-order chi connectivity index (χ1) is 20.9. The maximum atomic E-state index is 13.2. The third-order valence-electron chi connectivity index (χ3n) is 7.04. The van der Waals surface area contributed by atoms with E-state index in [0.29, 0.717) is 42.9 Å². The van der Waals surface area contributed by atoms with Crippen molar-refractivity contribution in [2.45, 2.75) is 12.8 Å². The molecule has 10 nitrogen and oxygen atoms in total. The third kappa shape index (κ3) is 7.71. The number of carbonyl (C=O) groups is 2. The van der Waals surface area contributed by atoms with Gasteiger partial charge in [-0.05, 0) is 36.1 Å². The number of rotatable bonds is 6. The number of nitrogens with one attached hydrogen (secondary N) is 2. The van der Waals surface area contributed by atoms with Crippen LogP contribution in [0.4, 0.5) is 14.7 Å². The van der Waals surface area contributed by atoms with E-state index >= 15 is 0 Å². The molecule has 4 aromatic rings. The second kappa shape index (κ2) is 13.9. The Labute approximate surface area is 256 Å². The van der Waals surface area contributed by atoms with Crippen LogP contribution in [0, 0.1) is 40.6 Å². The molecule has 2 fully saturated rings. The van der Waals surface area contributed by atoms with Crippen LogP contribution in [0.5, 0.6) is 0 Å². The molecule has 6 rings (SSSR count). The maximum absolute atomic E-state index is 13.2. The number of likely N-dealkylation sites (tertiary alicyclic amines) is 2. The van der Waals surface area contributed by atoms with E-state index in [1.54, 1.807) is 34.3 Å². The fourth-order valence-corrected chi connectivity index (χ4v) is 6.36. The summed E-state index contributed by atoms with van der Waals surface area (Å²) in [5, 5.41) is 24.3. The molecule has 43 heavy (non-hydrogen) atoms. The van der Waals surface area contributed by atoms with Gasteiger partial charge in [0.05, 0.1) is 21.6 Å². The molecule has 2 atom stereocenters. The van der Waals surface area contributed by atoms with Crippen LogP contribution in [0.1, 0.15) is 12.8 Å². The van der Waals surface area contributed by atoms with Gasteiger partial charge in [0.1, 0.15) is 5.82 Å². The molecule has 2 aliphatic rings. The molecule has 0 saturated carbocycles. The quantitative estimate of drug-likeness (QED) is 0.281. The monoisotopic (exact) mass is 614 g/mol. The highest BCUT2D eigenvalue weighted by atomic mass is 32.1. The third-order valence-corrected chi connectivity index (χ3v) is 8.96. The van der Waals surface area contributed by atoms with Crippen LogP contribution in [0.15, 0.2) is 67.0 Å². The molecule has 1 unspecified atom stereocenters. The van der Waals surface area contributed by atoms with E-state index in [2.05, 4.69) is 26.8 Å².